The van der Waals surface area contributed by atoms with Gasteiger partial charge in [0.2, 0.25) is 5.43 Å². The highest BCUT2D eigenvalue weighted by Crippen LogP contribution is 2.35. The van der Waals surface area contributed by atoms with Crippen LogP contribution in [0.4, 0.5) is 13.2 Å². The van der Waals surface area contributed by atoms with Gasteiger partial charge in [0.25, 0.3) is 0 Å². The number of H-pyrrole nitrogens is 1. The second kappa shape index (κ2) is 4.37. The van der Waals surface area contributed by atoms with Gasteiger partial charge in [-0.05, 0) is 12.1 Å². The summed E-state index contributed by atoms with van der Waals surface area (Å²) >= 11 is 2.87. The highest BCUT2D eigenvalue weighted by molar-refractivity contribution is 9.10. The molecule has 2 rings (SSSR count). The molecule has 0 aliphatic rings. The first-order valence-electron chi connectivity index (χ1n) is 4.87. The lowest BCUT2D eigenvalue weighted by Crippen LogP contribution is -2.17. The van der Waals surface area contributed by atoms with Gasteiger partial charge in [0.1, 0.15) is 5.56 Å². The molecule has 0 saturated heterocycles. The monoisotopic (exact) mass is 335 g/mol. The molecule has 0 amide bonds. The first kappa shape index (κ1) is 13.6. The van der Waals surface area contributed by atoms with E-state index in [0.717, 1.165) is 18.3 Å². The second-order valence-corrected chi connectivity index (χ2v) is 4.63. The number of carboxylic acids is 1. The zero-order valence-electron chi connectivity index (χ0n) is 9.01. The van der Waals surface area contributed by atoms with Gasteiger partial charge in [0.15, 0.2) is 0 Å². The fourth-order valence-electron chi connectivity index (χ4n) is 1.68. The molecule has 8 heteroatoms. The maximum atomic E-state index is 12.8. The van der Waals surface area contributed by atoms with E-state index in [1.807, 2.05) is 0 Å². The molecule has 2 aromatic rings. The molecule has 0 radical (unpaired) electrons. The molecular formula is C11H5BrF3NO3. The minimum Gasteiger partial charge on any atom is -0.477 e. The summed E-state index contributed by atoms with van der Waals surface area (Å²) < 4.78 is 38.5. The summed E-state index contributed by atoms with van der Waals surface area (Å²) in [6.45, 7) is 0. The SMILES string of the molecule is O=C(O)c1c[nH]c2c(C(F)(F)F)cc(Br)cc2c1=O. The van der Waals surface area contributed by atoms with E-state index >= 15 is 0 Å². The summed E-state index contributed by atoms with van der Waals surface area (Å²) in [5, 5.41) is 8.44. The van der Waals surface area contributed by atoms with Crippen LogP contribution < -0.4 is 5.43 Å². The average Bonchev–Trinajstić information content (AvgIpc) is 2.27. The Hall–Kier alpha value is -1.83. The van der Waals surface area contributed by atoms with E-state index in [4.69, 9.17) is 5.11 Å². The predicted molar refractivity (Wildman–Crippen MR) is 64.2 cm³/mol. The highest BCUT2D eigenvalue weighted by atomic mass is 79.9. The molecule has 0 fully saturated rings. The third-order valence-corrected chi connectivity index (χ3v) is 2.95. The molecule has 0 atom stereocenters. The molecule has 1 aromatic carbocycles. The van der Waals surface area contributed by atoms with Gasteiger partial charge in [-0.2, -0.15) is 13.2 Å². The number of benzene rings is 1. The van der Waals surface area contributed by atoms with Crippen molar-refractivity contribution in [2.45, 2.75) is 6.18 Å². The van der Waals surface area contributed by atoms with Crippen molar-refractivity contribution in [3.05, 3.63) is 44.2 Å². The van der Waals surface area contributed by atoms with Crippen molar-refractivity contribution in [2.24, 2.45) is 0 Å². The Morgan fingerprint density at radius 2 is 1.95 bits per heavy atom. The number of halogens is 4. The molecule has 4 nitrogen and oxygen atoms in total. The van der Waals surface area contributed by atoms with Crippen molar-refractivity contribution in [1.29, 1.82) is 0 Å². The lowest BCUT2D eigenvalue weighted by molar-refractivity contribution is -0.136. The summed E-state index contributed by atoms with van der Waals surface area (Å²) in [6.07, 6.45) is -3.90. The molecule has 0 aliphatic carbocycles. The number of hydrogen-bond donors (Lipinski definition) is 2. The second-order valence-electron chi connectivity index (χ2n) is 3.71. The normalized spacial score (nSPS) is 11.8. The number of aromatic nitrogens is 1. The average molecular weight is 336 g/mol. The molecule has 1 heterocycles. The molecule has 100 valence electrons. The molecule has 1 aromatic heterocycles. The summed E-state index contributed by atoms with van der Waals surface area (Å²) in [5.74, 6) is -1.50. The zero-order valence-corrected chi connectivity index (χ0v) is 10.6. The van der Waals surface area contributed by atoms with Crippen molar-refractivity contribution >= 4 is 32.8 Å². The summed E-state index contributed by atoms with van der Waals surface area (Å²) in [4.78, 5) is 24.8. The van der Waals surface area contributed by atoms with Crippen LogP contribution in [-0.2, 0) is 6.18 Å². The standard InChI is InChI=1S/C11H5BrF3NO3/c12-4-1-5-8(7(2-4)11(13,14)15)16-3-6(9(5)17)10(18)19/h1-3H,(H,16,17)(H,18,19). The minimum absolute atomic E-state index is 0.0420. The lowest BCUT2D eigenvalue weighted by atomic mass is 10.1. The molecule has 0 bridgehead atoms. The van der Waals surface area contributed by atoms with Gasteiger partial charge in [-0.15, -0.1) is 0 Å². The third-order valence-electron chi connectivity index (χ3n) is 2.49. The number of carbonyl (C=O) groups is 1. The smallest absolute Gasteiger partial charge is 0.418 e. The van der Waals surface area contributed by atoms with Gasteiger partial charge in [-0.25, -0.2) is 4.79 Å². The van der Waals surface area contributed by atoms with E-state index in [-0.39, 0.29) is 9.86 Å². The lowest BCUT2D eigenvalue weighted by Gasteiger charge is -2.11. The largest absolute Gasteiger partial charge is 0.477 e. The van der Waals surface area contributed by atoms with Crippen LogP contribution in [0.5, 0.6) is 0 Å². The topological polar surface area (TPSA) is 70.2 Å². The Morgan fingerprint density at radius 1 is 1.32 bits per heavy atom. The van der Waals surface area contributed by atoms with Gasteiger partial charge < -0.3 is 10.1 Å². The summed E-state index contributed by atoms with van der Waals surface area (Å²) in [5.41, 5.74) is -3.05. The Labute approximate surface area is 112 Å². The molecule has 0 spiro atoms. The van der Waals surface area contributed by atoms with Crippen LogP contribution >= 0.6 is 15.9 Å². The number of aromatic amines is 1. The van der Waals surface area contributed by atoms with E-state index in [1.54, 1.807) is 0 Å². The Morgan fingerprint density at radius 3 is 2.47 bits per heavy atom. The van der Waals surface area contributed by atoms with Gasteiger partial charge >= 0.3 is 12.1 Å². The highest BCUT2D eigenvalue weighted by Gasteiger charge is 2.34. The number of alkyl halides is 3. The molecule has 0 saturated carbocycles. The van der Waals surface area contributed by atoms with Gasteiger partial charge in [-0.3, -0.25) is 4.79 Å². The van der Waals surface area contributed by atoms with E-state index in [0.29, 0.717) is 0 Å². The van der Waals surface area contributed by atoms with E-state index < -0.39 is 34.2 Å². The van der Waals surface area contributed by atoms with Crippen molar-refractivity contribution < 1.29 is 23.1 Å². The van der Waals surface area contributed by atoms with Crippen molar-refractivity contribution in [3.63, 3.8) is 0 Å². The number of rotatable bonds is 1. The quantitative estimate of drug-likeness (QED) is 0.841. The van der Waals surface area contributed by atoms with Crippen LogP contribution in [0.3, 0.4) is 0 Å². The van der Waals surface area contributed by atoms with Crippen molar-refractivity contribution in [1.82, 2.24) is 4.98 Å². The Kier molecular flexibility index (Phi) is 3.13. The summed E-state index contributed by atoms with van der Waals surface area (Å²) in [7, 11) is 0. The van der Waals surface area contributed by atoms with Crippen LogP contribution in [0.2, 0.25) is 0 Å². The first-order valence-corrected chi connectivity index (χ1v) is 5.66. The van der Waals surface area contributed by atoms with Crippen LogP contribution in [0.25, 0.3) is 10.9 Å². The third kappa shape index (κ3) is 2.35. The van der Waals surface area contributed by atoms with Crippen molar-refractivity contribution in [3.8, 4) is 0 Å². The van der Waals surface area contributed by atoms with Gasteiger partial charge in [0, 0.05) is 16.1 Å². The van der Waals surface area contributed by atoms with E-state index in [1.165, 1.54) is 0 Å². The Balaban J connectivity index is 2.94. The molecule has 2 N–H and O–H groups in total. The molecular weight excluding hydrogens is 331 g/mol. The van der Waals surface area contributed by atoms with E-state index in [9.17, 15) is 22.8 Å². The molecule has 0 aliphatic heterocycles. The maximum absolute atomic E-state index is 12.8. The first-order chi connectivity index (χ1) is 8.71. The number of aromatic carboxylic acids is 1. The van der Waals surface area contributed by atoms with Crippen molar-refractivity contribution in [2.75, 3.05) is 0 Å². The molecule has 0 unspecified atom stereocenters. The van der Waals surface area contributed by atoms with Gasteiger partial charge in [-0.1, -0.05) is 15.9 Å². The number of carboxylic acid groups (broad SMARTS) is 1. The van der Waals surface area contributed by atoms with Crippen LogP contribution in [0, 0.1) is 0 Å². The minimum atomic E-state index is -4.66. The van der Waals surface area contributed by atoms with Crippen LogP contribution in [0.1, 0.15) is 15.9 Å². The van der Waals surface area contributed by atoms with Crippen LogP contribution in [-0.4, -0.2) is 16.1 Å². The molecule has 19 heavy (non-hydrogen) atoms. The number of nitrogens with one attached hydrogen (secondary N) is 1. The van der Waals surface area contributed by atoms with Crippen LogP contribution in [0.15, 0.2) is 27.6 Å². The fourth-order valence-corrected chi connectivity index (χ4v) is 2.14. The summed E-state index contributed by atoms with van der Waals surface area (Å²) in [6, 6.07) is 1.97. The van der Waals surface area contributed by atoms with Gasteiger partial charge in [0.05, 0.1) is 11.1 Å². The maximum Gasteiger partial charge on any atom is 0.418 e. The van der Waals surface area contributed by atoms with E-state index in [2.05, 4.69) is 20.9 Å². The predicted octanol–water partition coefficient (Wildman–Crippen LogP) is 3.01. The fraction of sp³-hybridized carbons (Fsp3) is 0.0909. The zero-order chi connectivity index (χ0) is 14.4. The number of fused-ring (bicyclic) bond motifs is 1. The Bertz CT molecular complexity index is 736. The number of hydrogen-bond acceptors (Lipinski definition) is 2. The number of pyridine rings is 1.